The molecule has 1 aliphatic heterocycles. The highest BCUT2D eigenvalue weighted by Crippen LogP contribution is 2.64. The van der Waals surface area contributed by atoms with Gasteiger partial charge in [-0.25, -0.2) is 0 Å². The second-order valence-electron chi connectivity index (χ2n) is 11.7. The number of hydrogen-bond donors (Lipinski definition) is 1. The van der Waals surface area contributed by atoms with Crippen LogP contribution in [0.15, 0.2) is 30.3 Å². The molecule has 4 aliphatic carbocycles. The number of rotatable bonds is 6. The molecule has 5 fully saturated rings. The average Bonchev–Trinajstić information content (AvgIpc) is 3.11. The lowest BCUT2D eigenvalue weighted by atomic mass is 9.47. The van der Waals surface area contributed by atoms with Crippen molar-refractivity contribution < 1.29 is 14.3 Å². The second kappa shape index (κ2) is 10.3. The number of amides is 1. The number of likely N-dealkylation sites (tertiary alicyclic amines) is 1. The lowest BCUT2D eigenvalue weighted by Gasteiger charge is -2.61. The molecule has 5 atom stereocenters. The molecule has 4 bridgehead atoms. The third-order valence-corrected chi connectivity index (χ3v) is 9.08. The Balaban J connectivity index is 0.00000141. The molecule has 1 aromatic carbocycles. The Bertz CT molecular complexity index is 942. The molecule has 1 saturated heterocycles. The van der Waals surface area contributed by atoms with E-state index in [-0.39, 0.29) is 29.4 Å². The largest absolute Gasteiger partial charge is 0.459 e. The Morgan fingerprint density at radius 1 is 1.09 bits per heavy atom. The molecule has 1 heterocycles. The average molecular weight is 480 g/mol. The fourth-order valence-corrected chi connectivity index (χ4v) is 8.02. The van der Waals surface area contributed by atoms with Crippen LogP contribution in [0.25, 0.3) is 0 Å². The fourth-order valence-electron chi connectivity index (χ4n) is 8.02. The van der Waals surface area contributed by atoms with Crippen molar-refractivity contribution in [2.24, 2.45) is 28.9 Å². The summed E-state index contributed by atoms with van der Waals surface area (Å²) in [4.78, 5) is 28.2. The molecule has 4 saturated carbocycles. The number of carbonyl (C=O) groups is 2. The first-order valence-corrected chi connectivity index (χ1v) is 13.3. The standard InChI is InChI=1S/C28H36N2O3.CH5N/c1-19-10-24(17-29)30(20(19)2)25(31)16-27-12-22-11-23(13-27)15-28(14-22,18-27)33-26(32)9-8-21-6-4-3-5-7-21;1-2/h3-7,19-20,22-24H,8-16,18H2,1-2H3;2H2,1H3/t19?,20-,22?,23?,24?,27?,28?;/m0./s1. The van der Waals surface area contributed by atoms with Crippen LogP contribution in [0, 0.1) is 34.5 Å². The van der Waals surface area contributed by atoms with E-state index in [0.717, 1.165) is 44.1 Å². The van der Waals surface area contributed by atoms with Crippen LogP contribution in [0.3, 0.4) is 0 Å². The van der Waals surface area contributed by atoms with Gasteiger partial charge in [-0.05, 0) is 94.1 Å². The highest BCUT2D eigenvalue weighted by molar-refractivity contribution is 5.78. The van der Waals surface area contributed by atoms with E-state index < -0.39 is 5.60 Å². The van der Waals surface area contributed by atoms with E-state index in [2.05, 4.69) is 25.7 Å². The highest BCUT2D eigenvalue weighted by Gasteiger charge is 2.60. The quantitative estimate of drug-likeness (QED) is 0.601. The predicted molar refractivity (Wildman–Crippen MR) is 135 cm³/mol. The predicted octanol–water partition coefficient (Wildman–Crippen LogP) is 4.62. The first-order valence-electron chi connectivity index (χ1n) is 13.3. The Kier molecular flexibility index (Phi) is 7.57. The summed E-state index contributed by atoms with van der Waals surface area (Å²) >= 11 is 0. The number of carbonyl (C=O) groups excluding carboxylic acids is 2. The lowest BCUT2D eigenvalue weighted by molar-refractivity contribution is -0.203. The maximum absolute atomic E-state index is 13.5. The highest BCUT2D eigenvalue weighted by atomic mass is 16.6. The third kappa shape index (κ3) is 5.26. The topological polar surface area (TPSA) is 96.4 Å². The number of hydrogen-bond acceptors (Lipinski definition) is 5. The maximum Gasteiger partial charge on any atom is 0.306 e. The molecule has 35 heavy (non-hydrogen) atoms. The van der Waals surface area contributed by atoms with Crippen molar-refractivity contribution in [1.82, 2.24) is 4.90 Å². The minimum atomic E-state index is -0.392. The number of ether oxygens (including phenoxy) is 1. The van der Waals surface area contributed by atoms with Crippen LogP contribution in [-0.4, -0.2) is 41.5 Å². The number of nitrogens with two attached hydrogens (primary N) is 1. The van der Waals surface area contributed by atoms with Gasteiger partial charge in [0.15, 0.2) is 0 Å². The molecular weight excluding hydrogens is 438 g/mol. The third-order valence-electron chi connectivity index (χ3n) is 9.08. The van der Waals surface area contributed by atoms with Crippen molar-refractivity contribution >= 4 is 11.9 Å². The number of nitrogens with zero attached hydrogens (tertiary/aromatic N) is 2. The zero-order valence-corrected chi connectivity index (χ0v) is 21.5. The van der Waals surface area contributed by atoms with E-state index in [9.17, 15) is 14.9 Å². The molecule has 6 heteroatoms. The number of nitriles is 1. The molecule has 0 spiro atoms. The van der Waals surface area contributed by atoms with Crippen molar-refractivity contribution in [3.8, 4) is 6.07 Å². The van der Waals surface area contributed by atoms with Gasteiger partial charge in [-0.1, -0.05) is 37.3 Å². The number of esters is 1. The zero-order valence-electron chi connectivity index (χ0n) is 21.5. The Morgan fingerprint density at radius 3 is 2.37 bits per heavy atom. The molecule has 6 nitrogen and oxygen atoms in total. The van der Waals surface area contributed by atoms with Gasteiger partial charge in [-0.15, -0.1) is 0 Å². The first-order chi connectivity index (χ1) is 16.8. The molecule has 1 amide bonds. The van der Waals surface area contributed by atoms with Crippen LogP contribution >= 0.6 is 0 Å². The summed E-state index contributed by atoms with van der Waals surface area (Å²) in [7, 11) is 1.50. The molecule has 5 aliphatic rings. The van der Waals surface area contributed by atoms with E-state index in [4.69, 9.17) is 4.74 Å². The van der Waals surface area contributed by atoms with E-state index in [1.54, 1.807) is 0 Å². The first kappa shape index (κ1) is 25.7. The van der Waals surface area contributed by atoms with E-state index in [0.29, 0.717) is 37.0 Å². The Labute approximate surface area is 210 Å². The molecule has 4 unspecified atom stereocenters. The molecule has 1 aromatic rings. The van der Waals surface area contributed by atoms with Gasteiger partial charge in [0.2, 0.25) is 5.91 Å². The van der Waals surface area contributed by atoms with Crippen molar-refractivity contribution in [2.75, 3.05) is 7.05 Å². The summed E-state index contributed by atoms with van der Waals surface area (Å²) in [5.74, 6) is 1.47. The summed E-state index contributed by atoms with van der Waals surface area (Å²) in [6.45, 7) is 4.21. The summed E-state index contributed by atoms with van der Waals surface area (Å²) < 4.78 is 6.27. The van der Waals surface area contributed by atoms with Crippen LogP contribution in [0.2, 0.25) is 0 Å². The molecule has 0 aromatic heterocycles. The smallest absolute Gasteiger partial charge is 0.306 e. The van der Waals surface area contributed by atoms with Gasteiger partial charge < -0.3 is 15.4 Å². The molecular formula is C29H41N3O3. The van der Waals surface area contributed by atoms with Crippen molar-refractivity contribution in [3.05, 3.63) is 35.9 Å². The Hall–Kier alpha value is -2.39. The van der Waals surface area contributed by atoms with Gasteiger partial charge in [0.1, 0.15) is 11.6 Å². The zero-order chi connectivity index (χ0) is 25.2. The summed E-state index contributed by atoms with van der Waals surface area (Å²) in [6.07, 6.45) is 8.42. The van der Waals surface area contributed by atoms with Crippen LogP contribution < -0.4 is 5.73 Å². The van der Waals surface area contributed by atoms with E-state index in [1.165, 1.54) is 13.5 Å². The van der Waals surface area contributed by atoms with Gasteiger partial charge in [0.25, 0.3) is 0 Å². The van der Waals surface area contributed by atoms with E-state index >= 15 is 0 Å². The molecule has 6 rings (SSSR count). The Morgan fingerprint density at radius 2 is 1.74 bits per heavy atom. The molecule has 190 valence electrons. The van der Waals surface area contributed by atoms with Crippen LogP contribution in [0.4, 0.5) is 0 Å². The summed E-state index contributed by atoms with van der Waals surface area (Å²) in [5.41, 5.74) is 5.19. The van der Waals surface area contributed by atoms with Crippen LogP contribution in [0.5, 0.6) is 0 Å². The summed E-state index contributed by atoms with van der Waals surface area (Å²) in [5, 5.41) is 9.62. The number of benzene rings is 1. The number of aryl methyl sites for hydroxylation is 1. The SMILES string of the molecule is CC1CC(C#N)N(C(=O)CC23CC4CC(C2)CC(OC(=O)CCc2ccccc2)(C4)C3)[C@H]1C.CN. The lowest BCUT2D eigenvalue weighted by Crippen LogP contribution is -2.58. The minimum absolute atomic E-state index is 0.0770. The van der Waals surface area contributed by atoms with Crippen LogP contribution in [-0.2, 0) is 20.7 Å². The van der Waals surface area contributed by atoms with E-state index in [1.807, 2.05) is 35.2 Å². The monoisotopic (exact) mass is 479 g/mol. The minimum Gasteiger partial charge on any atom is -0.459 e. The van der Waals surface area contributed by atoms with Gasteiger partial charge in [0, 0.05) is 18.9 Å². The molecule has 0 radical (unpaired) electrons. The maximum atomic E-state index is 13.5. The molecule has 2 N–H and O–H groups in total. The van der Waals surface area contributed by atoms with Crippen molar-refractivity contribution in [2.45, 2.75) is 95.7 Å². The fraction of sp³-hybridized carbons (Fsp3) is 0.690. The van der Waals surface area contributed by atoms with Gasteiger partial charge >= 0.3 is 5.97 Å². The van der Waals surface area contributed by atoms with Gasteiger partial charge in [-0.2, -0.15) is 5.26 Å². The van der Waals surface area contributed by atoms with Crippen molar-refractivity contribution in [3.63, 3.8) is 0 Å². The second-order valence-corrected chi connectivity index (χ2v) is 11.7. The van der Waals surface area contributed by atoms with Gasteiger partial charge in [0.05, 0.1) is 6.07 Å². The normalized spacial score (nSPS) is 36.8. The van der Waals surface area contributed by atoms with Gasteiger partial charge in [-0.3, -0.25) is 9.59 Å². The van der Waals surface area contributed by atoms with Crippen molar-refractivity contribution in [1.29, 1.82) is 5.26 Å². The summed E-state index contributed by atoms with van der Waals surface area (Å²) in [6, 6.07) is 12.3. The van der Waals surface area contributed by atoms with Crippen LogP contribution in [0.1, 0.15) is 77.2 Å².